The van der Waals surface area contributed by atoms with Crippen LogP contribution >= 0.6 is 0 Å². The van der Waals surface area contributed by atoms with Crippen LogP contribution in [-0.4, -0.2) is 41.6 Å². The van der Waals surface area contributed by atoms with Gasteiger partial charge in [0.1, 0.15) is 0 Å². The first-order valence-corrected chi connectivity index (χ1v) is 11.7. The van der Waals surface area contributed by atoms with Crippen LogP contribution in [0.5, 0.6) is 0 Å². The van der Waals surface area contributed by atoms with Crippen molar-refractivity contribution in [2.45, 2.75) is 26.2 Å². The summed E-state index contributed by atoms with van der Waals surface area (Å²) in [5, 5.41) is 36.1. The summed E-state index contributed by atoms with van der Waals surface area (Å²) in [5.74, 6) is -0.641. The van der Waals surface area contributed by atoms with E-state index in [0.29, 0.717) is 35.4 Å². The van der Waals surface area contributed by atoms with Crippen LogP contribution in [0.4, 0.5) is 5.69 Å². The second kappa shape index (κ2) is 9.94. The largest absolute Gasteiger partial charge is 0.478 e. The molecule has 10 heteroatoms. The first kappa shape index (κ1) is 23.7. The molecule has 2 aromatic heterocycles. The maximum Gasteiger partial charge on any atom is 0.336 e. The number of non-ortho nitro benzene ring substituents is 1. The fourth-order valence-corrected chi connectivity index (χ4v) is 4.55. The summed E-state index contributed by atoms with van der Waals surface area (Å²) in [4.78, 5) is 27.9. The molecule has 2 heterocycles. The van der Waals surface area contributed by atoms with Crippen molar-refractivity contribution in [3.05, 3.63) is 99.2 Å². The molecule has 184 valence electrons. The first-order chi connectivity index (χ1) is 18.0. The van der Waals surface area contributed by atoms with Gasteiger partial charge in [0.05, 0.1) is 16.0 Å². The molecule has 0 atom stereocenters. The van der Waals surface area contributed by atoms with Gasteiger partial charge in [0, 0.05) is 35.2 Å². The van der Waals surface area contributed by atoms with Crippen LogP contribution in [0.25, 0.3) is 33.4 Å². The average Bonchev–Trinajstić information content (AvgIpc) is 3.44. The molecule has 0 saturated heterocycles. The van der Waals surface area contributed by atoms with Crippen LogP contribution in [0.3, 0.4) is 0 Å². The highest BCUT2D eigenvalue weighted by Gasteiger charge is 2.22. The van der Waals surface area contributed by atoms with Gasteiger partial charge in [-0.25, -0.2) is 4.79 Å². The van der Waals surface area contributed by atoms with Crippen molar-refractivity contribution in [2.24, 2.45) is 0 Å². The first-order valence-electron chi connectivity index (χ1n) is 11.7. The number of rotatable bonds is 8. The number of aryl methyl sites for hydroxylation is 1. The molecule has 3 aromatic carbocycles. The summed E-state index contributed by atoms with van der Waals surface area (Å²) in [6, 6.07) is 19.7. The minimum Gasteiger partial charge on any atom is -0.478 e. The molecule has 0 unspecified atom stereocenters. The van der Waals surface area contributed by atoms with Crippen LogP contribution in [-0.2, 0) is 12.8 Å². The van der Waals surface area contributed by atoms with Crippen molar-refractivity contribution in [3.63, 3.8) is 0 Å². The number of aromatic amines is 1. The monoisotopic (exact) mass is 494 g/mol. The Morgan fingerprint density at radius 3 is 2.46 bits per heavy atom. The van der Waals surface area contributed by atoms with E-state index in [-0.39, 0.29) is 16.6 Å². The number of fused-ring (bicyclic) bond motifs is 1. The predicted molar refractivity (Wildman–Crippen MR) is 137 cm³/mol. The van der Waals surface area contributed by atoms with E-state index in [1.807, 2.05) is 55.5 Å². The molecule has 0 aliphatic heterocycles. The minimum absolute atomic E-state index is 0.0590. The number of aromatic nitrogens is 5. The van der Waals surface area contributed by atoms with E-state index in [1.165, 1.54) is 18.2 Å². The number of nitro groups is 1. The molecule has 0 spiro atoms. The van der Waals surface area contributed by atoms with Crippen molar-refractivity contribution >= 4 is 22.6 Å². The Morgan fingerprint density at radius 2 is 1.81 bits per heavy atom. The van der Waals surface area contributed by atoms with Crippen molar-refractivity contribution in [1.82, 2.24) is 25.6 Å². The quantitative estimate of drug-likeness (QED) is 0.220. The smallest absolute Gasteiger partial charge is 0.336 e. The van der Waals surface area contributed by atoms with Gasteiger partial charge >= 0.3 is 5.97 Å². The predicted octanol–water partition coefficient (Wildman–Crippen LogP) is 5.23. The molecule has 0 radical (unpaired) electrons. The second-order valence-electron chi connectivity index (χ2n) is 8.58. The molecule has 0 bridgehead atoms. The zero-order valence-electron chi connectivity index (χ0n) is 19.9. The number of nitrogens with zero attached hydrogens (tertiary/aromatic N) is 5. The third-order valence-electron chi connectivity index (χ3n) is 6.23. The van der Waals surface area contributed by atoms with Crippen molar-refractivity contribution in [3.8, 4) is 22.5 Å². The van der Waals surface area contributed by atoms with E-state index in [4.69, 9.17) is 4.98 Å². The molecule has 0 aliphatic rings. The SMILES string of the molecule is CCCc1nc2ccc([N+](=O)[O-])cc2c(C(=O)O)c1Cc1ccc(-c2ccccc2-c2nn[nH]n2)cc1. The summed E-state index contributed by atoms with van der Waals surface area (Å²) in [6.45, 7) is 2.00. The van der Waals surface area contributed by atoms with Gasteiger partial charge in [0.15, 0.2) is 0 Å². The summed E-state index contributed by atoms with van der Waals surface area (Å²) in [7, 11) is 0. The number of H-pyrrole nitrogens is 1. The minimum atomic E-state index is -1.13. The van der Waals surface area contributed by atoms with Crippen molar-refractivity contribution in [2.75, 3.05) is 0 Å². The second-order valence-corrected chi connectivity index (χ2v) is 8.58. The number of tetrazole rings is 1. The lowest BCUT2D eigenvalue weighted by Crippen LogP contribution is -2.11. The van der Waals surface area contributed by atoms with E-state index in [0.717, 1.165) is 28.7 Å². The maximum atomic E-state index is 12.4. The molecule has 0 aliphatic carbocycles. The molecule has 0 amide bonds. The third kappa shape index (κ3) is 4.64. The van der Waals surface area contributed by atoms with E-state index >= 15 is 0 Å². The summed E-state index contributed by atoms with van der Waals surface area (Å²) in [6.07, 6.45) is 1.71. The Morgan fingerprint density at radius 1 is 1.05 bits per heavy atom. The molecule has 5 aromatic rings. The Labute approximate surface area is 211 Å². The van der Waals surface area contributed by atoms with Gasteiger partial charge in [0.25, 0.3) is 5.69 Å². The van der Waals surface area contributed by atoms with Crippen LogP contribution < -0.4 is 0 Å². The Balaban J connectivity index is 1.57. The number of carboxylic acid groups (broad SMARTS) is 1. The summed E-state index contributed by atoms with van der Waals surface area (Å²) >= 11 is 0. The number of aromatic carboxylic acids is 1. The number of pyridine rings is 1. The number of hydrogen-bond acceptors (Lipinski definition) is 7. The third-order valence-corrected chi connectivity index (χ3v) is 6.23. The number of hydrogen-bond donors (Lipinski definition) is 2. The number of nitrogens with one attached hydrogen (secondary N) is 1. The van der Waals surface area contributed by atoms with Crippen molar-refractivity contribution < 1.29 is 14.8 Å². The fourth-order valence-electron chi connectivity index (χ4n) is 4.55. The Hall–Kier alpha value is -4.99. The van der Waals surface area contributed by atoms with Gasteiger partial charge in [-0.3, -0.25) is 15.1 Å². The molecule has 0 saturated carbocycles. The molecule has 37 heavy (non-hydrogen) atoms. The lowest BCUT2D eigenvalue weighted by atomic mass is 9.92. The van der Waals surface area contributed by atoms with Crippen LogP contribution in [0.15, 0.2) is 66.7 Å². The van der Waals surface area contributed by atoms with Crippen LogP contribution in [0.2, 0.25) is 0 Å². The number of carboxylic acids is 1. The van der Waals surface area contributed by atoms with E-state index in [9.17, 15) is 20.0 Å². The summed E-state index contributed by atoms with van der Waals surface area (Å²) < 4.78 is 0. The van der Waals surface area contributed by atoms with Crippen LogP contribution in [0, 0.1) is 10.1 Å². The molecular weight excluding hydrogens is 472 g/mol. The van der Waals surface area contributed by atoms with E-state index in [2.05, 4.69) is 20.6 Å². The van der Waals surface area contributed by atoms with Gasteiger partial charge in [-0.15, -0.1) is 10.2 Å². The molecule has 0 fully saturated rings. The number of carbonyl (C=O) groups is 1. The van der Waals surface area contributed by atoms with E-state index in [1.54, 1.807) is 0 Å². The van der Waals surface area contributed by atoms with Crippen LogP contribution in [0.1, 0.15) is 40.5 Å². The topological polar surface area (TPSA) is 148 Å². The highest BCUT2D eigenvalue weighted by molar-refractivity contribution is 6.05. The highest BCUT2D eigenvalue weighted by atomic mass is 16.6. The van der Waals surface area contributed by atoms with Gasteiger partial charge in [-0.1, -0.05) is 61.9 Å². The lowest BCUT2D eigenvalue weighted by Gasteiger charge is -2.15. The van der Waals surface area contributed by atoms with Gasteiger partial charge in [0.2, 0.25) is 5.82 Å². The van der Waals surface area contributed by atoms with E-state index < -0.39 is 10.9 Å². The van der Waals surface area contributed by atoms with Gasteiger partial charge in [-0.05, 0) is 40.0 Å². The van der Waals surface area contributed by atoms with Gasteiger partial charge in [-0.2, -0.15) is 5.21 Å². The zero-order chi connectivity index (χ0) is 25.9. The maximum absolute atomic E-state index is 12.4. The molecular formula is C27H22N6O4. The standard InChI is InChI=1S/C27H22N6O4/c1-2-5-23-21(25(27(34)35)22-15-18(33(36)37)12-13-24(22)28-23)14-16-8-10-17(11-9-16)19-6-3-4-7-20(19)26-29-31-32-30-26/h3-4,6-13,15H,2,5,14H2,1H3,(H,34,35)(H,29,30,31,32). The summed E-state index contributed by atoms with van der Waals surface area (Å²) in [5.41, 5.74) is 5.20. The van der Waals surface area contributed by atoms with Gasteiger partial charge < -0.3 is 5.11 Å². The molecule has 5 rings (SSSR count). The molecule has 2 N–H and O–H groups in total. The lowest BCUT2D eigenvalue weighted by molar-refractivity contribution is -0.384. The number of nitro benzene ring substituents is 1. The highest BCUT2D eigenvalue weighted by Crippen LogP contribution is 2.32. The fraction of sp³-hybridized carbons (Fsp3) is 0.148. The Bertz CT molecular complexity index is 1610. The normalized spacial score (nSPS) is 11.1. The Kier molecular flexibility index (Phi) is 6.38. The zero-order valence-corrected chi connectivity index (χ0v) is 19.9. The van der Waals surface area contributed by atoms with Crippen molar-refractivity contribution in [1.29, 1.82) is 0 Å². The molecule has 10 nitrogen and oxygen atoms in total. The number of benzene rings is 3. The average molecular weight is 495 g/mol.